The Morgan fingerprint density at radius 3 is 2.66 bits per heavy atom. The first-order chi connectivity index (χ1) is 13.9. The lowest BCUT2D eigenvalue weighted by molar-refractivity contribution is -0.929. The lowest BCUT2D eigenvalue weighted by atomic mass is 9.93. The normalized spacial score (nSPS) is 30.7. The fraction of sp³-hybridized carbons (Fsp3) is 0.600. The number of nitrogens with zero attached hydrogens (tertiary/aromatic N) is 2. The van der Waals surface area contributed by atoms with Crippen LogP contribution in [0.2, 0.25) is 0 Å². The van der Waals surface area contributed by atoms with Gasteiger partial charge in [0, 0.05) is 17.1 Å². The summed E-state index contributed by atoms with van der Waals surface area (Å²) in [6.45, 7) is 4.47. The number of aliphatic hydroxyl groups excluding tert-OH is 1. The Bertz CT molecular complexity index is 769. The molecule has 9 heteroatoms. The molecule has 0 spiro atoms. The summed E-state index contributed by atoms with van der Waals surface area (Å²) < 4.78 is 6.11. The van der Waals surface area contributed by atoms with E-state index in [1.165, 1.54) is 34.0 Å². The van der Waals surface area contributed by atoms with E-state index < -0.39 is 12.0 Å². The summed E-state index contributed by atoms with van der Waals surface area (Å²) in [5.74, 6) is -1.70. The van der Waals surface area contributed by atoms with Crippen LogP contribution in [0.4, 0.5) is 0 Å². The number of β-lactam (4-membered cyclic amide) rings is 1. The van der Waals surface area contributed by atoms with E-state index in [0.29, 0.717) is 6.42 Å². The summed E-state index contributed by atoms with van der Waals surface area (Å²) in [5, 5.41) is 20.7. The van der Waals surface area contributed by atoms with Crippen LogP contribution < -0.4 is 5.11 Å². The predicted octanol–water partition coefficient (Wildman–Crippen LogP) is 0.114. The highest BCUT2D eigenvalue weighted by atomic mass is 32.2. The van der Waals surface area contributed by atoms with E-state index in [0.717, 1.165) is 42.2 Å². The largest absolute Gasteiger partial charge is 0.548 e. The monoisotopic (exact) mass is 438 g/mol. The van der Waals surface area contributed by atoms with Crippen LogP contribution in [0.3, 0.4) is 0 Å². The molecule has 3 saturated heterocycles. The molecule has 158 valence electrons. The van der Waals surface area contributed by atoms with E-state index in [9.17, 15) is 14.7 Å². The van der Waals surface area contributed by atoms with Crippen LogP contribution in [0.15, 0.2) is 29.2 Å². The van der Waals surface area contributed by atoms with Gasteiger partial charge in [0.15, 0.2) is 0 Å². The summed E-state index contributed by atoms with van der Waals surface area (Å²) in [6, 6.07) is 7.33. The van der Waals surface area contributed by atoms with Gasteiger partial charge in [0.2, 0.25) is 5.91 Å². The molecule has 1 N–H and O–H groups in total. The minimum atomic E-state index is -1.21. The smallest absolute Gasteiger partial charge is 0.230 e. The minimum Gasteiger partial charge on any atom is -0.548 e. The number of hydrogen-bond donors (Lipinski definition) is 1. The fourth-order valence-electron chi connectivity index (χ4n) is 4.26. The zero-order valence-electron chi connectivity index (χ0n) is 16.4. The van der Waals surface area contributed by atoms with Gasteiger partial charge in [0.25, 0.3) is 0 Å². The van der Waals surface area contributed by atoms with Crippen LogP contribution in [-0.4, -0.2) is 82.3 Å². The number of hydrogen-bond acceptors (Lipinski definition) is 7. The number of amides is 1. The van der Waals surface area contributed by atoms with Gasteiger partial charge in [-0.1, -0.05) is 12.1 Å². The van der Waals surface area contributed by atoms with Crippen molar-refractivity contribution in [2.24, 2.45) is 5.92 Å². The number of rotatable bonds is 7. The van der Waals surface area contributed by atoms with Crippen LogP contribution in [0.1, 0.15) is 12.0 Å². The highest BCUT2D eigenvalue weighted by Crippen LogP contribution is 2.53. The average Bonchev–Trinajstić information content (AvgIpc) is 3.03. The number of morpholine rings is 1. The lowest BCUT2D eigenvalue weighted by Crippen LogP contribution is -2.63. The number of carbonyl (C=O) groups excluding carboxylic acids is 2. The first-order valence-corrected chi connectivity index (χ1v) is 11.7. The van der Waals surface area contributed by atoms with Crippen molar-refractivity contribution in [1.82, 2.24) is 4.90 Å². The van der Waals surface area contributed by atoms with Gasteiger partial charge in [0.1, 0.15) is 19.6 Å². The molecule has 29 heavy (non-hydrogen) atoms. The molecule has 0 aromatic heterocycles. The SMILES string of the molecule is C[N+]1(Cc2ccc(SC3SC4[C@@H](CCO)C(=O)N4C3C(=O)[O-])cc2)CCOCC1. The molecular formula is C20H26N2O5S2. The highest BCUT2D eigenvalue weighted by molar-refractivity contribution is 8.17. The average molecular weight is 439 g/mol. The van der Waals surface area contributed by atoms with Gasteiger partial charge in [-0.3, -0.25) is 4.79 Å². The molecule has 4 atom stereocenters. The second kappa shape index (κ2) is 8.47. The second-order valence-electron chi connectivity index (χ2n) is 8.12. The van der Waals surface area contributed by atoms with E-state index in [-0.39, 0.29) is 28.4 Å². The molecule has 1 amide bonds. The Morgan fingerprint density at radius 2 is 2.03 bits per heavy atom. The Kier molecular flexibility index (Phi) is 6.13. The van der Waals surface area contributed by atoms with Crippen molar-refractivity contribution in [3.05, 3.63) is 29.8 Å². The summed E-state index contributed by atoms with van der Waals surface area (Å²) >= 11 is 2.97. The number of quaternary nitrogens is 1. The van der Waals surface area contributed by atoms with Gasteiger partial charge in [-0.05, 0) is 18.6 Å². The Hall–Kier alpha value is -1.26. The van der Waals surface area contributed by atoms with Crippen molar-refractivity contribution < 1.29 is 29.0 Å². The number of aliphatic carboxylic acids is 1. The minimum absolute atomic E-state index is 0.0693. The Balaban J connectivity index is 1.42. The van der Waals surface area contributed by atoms with Crippen molar-refractivity contribution in [2.45, 2.75) is 33.9 Å². The molecule has 1 aromatic rings. The second-order valence-corrected chi connectivity index (χ2v) is 10.9. The standard InChI is InChI=1S/C20H26N2O5S2/c1-22(7-10-27-11-8-22)12-13-2-4-14(5-3-13)28-20-16(19(25)26)21-17(24)15(6-9-23)18(21)29-20/h2-5,15-16,18,20,23H,6-12H2,1H3/t15-,16?,18?,20?/m0/s1. The number of ether oxygens (including phenoxy) is 1. The van der Waals surface area contributed by atoms with E-state index in [1.807, 2.05) is 12.1 Å². The highest BCUT2D eigenvalue weighted by Gasteiger charge is 2.58. The molecular weight excluding hydrogens is 412 g/mol. The molecule has 3 heterocycles. The molecule has 0 aliphatic carbocycles. The summed E-state index contributed by atoms with van der Waals surface area (Å²) in [7, 11) is 2.24. The molecule has 7 nitrogen and oxygen atoms in total. The number of benzene rings is 1. The number of carboxylic acid groups (broad SMARTS) is 1. The number of aliphatic hydroxyl groups is 1. The van der Waals surface area contributed by atoms with Crippen molar-refractivity contribution in [3.63, 3.8) is 0 Å². The topological polar surface area (TPSA) is 89.9 Å². The molecule has 3 unspecified atom stereocenters. The van der Waals surface area contributed by atoms with E-state index in [1.54, 1.807) is 0 Å². The zero-order valence-corrected chi connectivity index (χ0v) is 18.0. The van der Waals surface area contributed by atoms with Gasteiger partial charge >= 0.3 is 0 Å². The van der Waals surface area contributed by atoms with Gasteiger partial charge in [0.05, 0.1) is 48.1 Å². The third-order valence-corrected chi connectivity index (χ3v) is 9.01. The van der Waals surface area contributed by atoms with Crippen LogP contribution in [0.5, 0.6) is 0 Å². The van der Waals surface area contributed by atoms with Gasteiger partial charge in [-0.25, -0.2) is 0 Å². The molecule has 0 radical (unpaired) electrons. The third kappa shape index (κ3) is 4.16. The quantitative estimate of drug-likeness (QED) is 0.478. The van der Waals surface area contributed by atoms with Crippen LogP contribution in [0, 0.1) is 5.92 Å². The molecule has 3 fully saturated rings. The number of likely N-dealkylation sites (N-methyl/N-ethyl adjacent to an activating group) is 1. The van der Waals surface area contributed by atoms with E-state index in [4.69, 9.17) is 9.84 Å². The molecule has 4 rings (SSSR count). The number of carboxylic acids is 1. The maximum atomic E-state index is 12.3. The van der Waals surface area contributed by atoms with Crippen molar-refractivity contribution in [3.8, 4) is 0 Å². The third-order valence-electron chi connectivity index (χ3n) is 5.99. The van der Waals surface area contributed by atoms with Gasteiger partial charge < -0.3 is 29.1 Å². The molecule has 1 aromatic carbocycles. The molecule has 0 bridgehead atoms. The Morgan fingerprint density at radius 1 is 1.34 bits per heavy atom. The summed E-state index contributed by atoms with van der Waals surface area (Å²) in [6.07, 6.45) is 0.376. The maximum Gasteiger partial charge on any atom is 0.230 e. The Labute approximate surface area is 179 Å². The summed E-state index contributed by atoms with van der Waals surface area (Å²) in [5.41, 5.74) is 1.25. The molecule has 0 saturated carbocycles. The molecule has 3 aliphatic heterocycles. The van der Waals surface area contributed by atoms with Gasteiger partial charge in [-0.2, -0.15) is 0 Å². The molecule has 3 aliphatic rings. The van der Waals surface area contributed by atoms with Crippen LogP contribution in [0.25, 0.3) is 0 Å². The van der Waals surface area contributed by atoms with Crippen molar-refractivity contribution in [1.29, 1.82) is 0 Å². The lowest BCUT2D eigenvalue weighted by Gasteiger charge is -2.44. The number of thioether (sulfide) groups is 2. The van der Waals surface area contributed by atoms with Gasteiger partial charge in [-0.15, -0.1) is 23.5 Å². The zero-order chi connectivity index (χ0) is 20.6. The van der Waals surface area contributed by atoms with E-state index in [2.05, 4.69) is 19.2 Å². The summed E-state index contributed by atoms with van der Waals surface area (Å²) in [4.78, 5) is 26.4. The van der Waals surface area contributed by atoms with Crippen molar-refractivity contribution in [2.75, 3.05) is 40.0 Å². The van der Waals surface area contributed by atoms with Crippen LogP contribution in [-0.2, 0) is 20.9 Å². The first kappa shape index (κ1) is 21.0. The number of carbonyl (C=O) groups is 2. The first-order valence-electron chi connectivity index (χ1n) is 9.88. The van der Waals surface area contributed by atoms with E-state index >= 15 is 0 Å². The van der Waals surface area contributed by atoms with Crippen LogP contribution >= 0.6 is 23.5 Å². The number of fused-ring (bicyclic) bond motifs is 1. The van der Waals surface area contributed by atoms with Crippen molar-refractivity contribution >= 4 is 35.4 Å². The predicted molar refractivity (Wildman–Crippen MR) is 109 cm³/mol. The maximum absolute atomic E-state index is 12.3. The fourth-order valence-corrected chi connectivity index (χ4v) is 7.57.